The predicted molar refractivity (Wildman–Crippen MR) is 85.3 cm³/mol. The highest BCUT2D eigenvalue weighted by atomic mass is 79.9. The van der Waals surface area contributed by atoms with Gasteiger partial charge < -0.3 is 10.1 Å². The number of hydrogen-bond acceptors (Lipinski definition) is 3. The summed E-state index contributed by atoms with van der Waals surface area (Å²) in [6, 6.07) is 4.45. The molecule has 1 N–H and O–H groups in total. The van der Waals surface area contributed by atoms with E-state index in [9.17, 15) is 4.39 Å². The van der Waals surface area contributed by atoms with Crippen LogP contribution in [0.25, 0.3) is 0 Å². The standard InChI is InChI=1S/C15H19BrFN3O/c1-4-11-15(16)13(20(5-2)19-11)9-18-12-7-6-10(17)8-14(12)21-3/h6-8,18H,4-5,9H2,1-3H3. The van der Waals surface area contributed by atoms with Gasteiger partial charge in [-0.15, -0.1) is 0 Å². The molecule has 0 spiro atoms. The fraction of sp³-hybridized carbons (Fsp3) is 0.400. The summed E-state index contributed by atoms with van der Waals surface area (Å²) in [6.07, 6.45) is 0.875. The van der Waals surface area contributed by atoms with E-state index in [0.29, 0.717) is 12.3 Å². The maximum absolute atomic E-state index is 13.2. The van der Waals surface area contributed by atoms with Crippen molar-refractivity contribution in [3.63, 3.8) is 0 Å². The number of methoxy groups -OCH3 is 1. The molecule has 4 nitrogen and oxygen atoms in total. The first kappa shape index (κ1) is 15.8. The first-order valence-corrected chi connectivity index (χ1v) is 7.71. The number of aryl methyl sites for hydroxylation is 2. The summed E-state index contributed by atoms with van der Waals surface area (Å²) in [6.45, 7) is 5.52. The molecule has 114 valence electrons. The van der Waals surface area contributed by atoms with Gasteiger partial charge in [0.1, 0.15) is 11.6 Å². The van der Waals surface area contributed by atoms with Gasteiger partial charge in [0.15, 0.2) is 0 Å². The quantitative estimate of drug-likeness (QED) is 0.851. The van der Waals surface area contributed by atoms with Crippen LogP contribution in [0.3, 0.4) is 0 Å². The highest BCUT2D eigenvalue weighted by Gasteiger charge is 2.14. The number of anilines is 1. The Balaban J connectivity index is 2.22. The Morgan fingerprint density at radius 2 is 2.14 bits per heavy atom. The van der Waals surface area contributed by atoms with Crippen molar-refractivity contribution in [2.75, 3.05) is 12.4 Å². The third kappa shape index (κ3) is 3.37. The zero-order valence-corrected chi connectivity index (χ0v) is 14.0. The molecule has 0 amide bonds. The van der Waals surface area contributed by atoms with Crippen molar-refractivity contribution in [2.24, 2.45) is 0 Å². The molecule has 0 fully saturated rings. The van der Waals surface area contributed by atoms with Gasteiger partial charge in [0.25, 0.3) is 0 Å². The van der Waals surface area contributed by atoms with E-state index >= 15 is 0 Å². The van der Waals surface area contributed by atoms with E-state index in [4.69, 9.17) is 4.74 Å². The number of halogens is 2. The number of nitrogens with one attached hydrogen (secondary N) is 1. The van der Waals surface area contributed by atoms with E-state index in [1.807, 2.05) is 4.68 Å². The van der Waals surface area contributed by atoms with Crippen LogP contribution in [0.5, 0.6) is 5.75 Å². The average Bonchev–Trinajstić information content (AvgIpc) is 2.81. The highest BCUT2D eigenvalue weighted by Crippen LogP contribution is 2.27. The van der Waals surface area contributed by atoms with Crippen molar-refractivity contribution in [2.45, 2.75) is 33.4 Å². The van der Waals surface area contributed by atoms with E-state index in [-0.39, 0.29) is 5.82 Å². The Kier molecular flexibility index (Phi) is 5.22. The molecule has 1 aromatic carbocycles. The lowest BCUT2D eigenvalue weighted by molar-refractivity contribution is 0.413. The van der Waals surface area contributed by atoms with Gasteiger partial charge in [-0.05, 0) is 41.4 Å². The van der Waals surface area contributed by atoms with Gasteiger partial charge >= 0.3 is 0 Å². The first-order chi connectivity index (χ1) is 10.1. The van der Waals surface area contributed by atoms with Crippen LogP contribution in [0.1, 0.15) is 25.2 Å². The molecule has 0 unspecified atom stereocenters. The van der Waals surface area contributed by atoms with Crippen LogP contribution in [0.15, 0.2) is 22.7 Å². The number of aromatic nitrogens is 2. The minimum Gasteiger partial charge on any atom is -0.494 e. The molecule has 1 aromatic heterocycles. The molecule has 1 heterocycles. The maximum Gasteiger partial charge on any atom is 0.144 e. The molecule has 0 bridgehead atoms. The fourth-order valence-corrected chi connectivity index (χ4v) is 2.88. The Labute approximate surface area is 132 Å². The predicted octanol–water partition coefficient (Wildman–Crippen LogP) is 3.99. The number of nitrogens with zero attached hydrogens (tertiary/aromatic N) is 2. The van der Waals surface area contributed by atoms with Crippen molar-refractivity contribution in [1.82, 2.24) is 9.78 Å². The van der Waals surface area contributed by atoms with Gasteiger partial charge in [-0.3, -0.25) is 4.68 Å². The summed E-state index contributed by atoms with van der Waals surface area (Å²) in [5, 5.41) is 7.83. The van der Waals surface area contributed by atoms with Gasteiger partial charge in [0.2, 0.25) is 0 Å². The van der Waals surface area contributed by atoms with Crippen LogP contribution < -0.4 is 10.1 Å². The summed E-state index contributed by atoms with van der Waals surface area (Å²) in [5.74, 6) is 0.176. The molecule has 2 rings (SSSR count). The molecule has 21 heavy (non-hydrogen) atoms. The van der Waals surface area contributed by atoms with Crippen LogP contribution in [0, 0.1) is 5.82 Å². The molecule has 2 aromatic rings. The normalized spacial score (nSPS) is 10.7. The summed E-state index contributed by atoms with van der Waals surface area (Å²) in [7, 11) is 1.53. The third-order valence-electron chi connectivity index (χ3n) is 3.30. The van der Waals surface area contributed by atoms with Crippen LogP contribution in [0.4, 0.5) is 10.1 Å². The van der Waals surface area contributed by atoms with E-state index in [0.717, 1.165) is 34.5 Å². The molecule has 0 aliphatic heterocycles. The van der Waals surface area contributed by atoms with Crippen molar-refractivity contribution >= 4 is 21.6 Å². The molecule has 0 aliphatic rings. The second-order valence-corrected chi connectivity index (χ2v) is 5.37. The SMILES string of the molecule is CCc1nn(CC)c(CNc2ccc(F)cc2OC)c1Br. The lowest BCUT2D eigenvalue weighted by Crippen LogP contribution is -2.09. The minimum atomic E-state index is -0.314. The lowest BCUT2D eigenvalue weighted by atomic mass is 10.2. The Hall–Kier alpha value is -1.56. The number of hydrogen-bond donors (Lipinski definition) is 1. The smallest absolute Gasteiger partial charge is 0.144 e. The second-order valence-electron chi connectivity index (χ2n) is 4.57. The minimum absolute atomic E-state index is 0.314. The van der Waals surface area contributed by atoms with Crippen molar-refractivity contribution in [1.29, 1.82) is 0 Å². The van der Waals surface area contributed by atoms with E-state index < -0.39 is 0 Å². The molecule has 0 radical (unpaired) electrons. The van der Waals surface area contributed by atoms with Crippen LogP contribution in [-0.4, -0.2) is 16.9 Å². The molecular formula is C15H19BrFN3O. The zero-order valence-electron chi connectivity index (χ0n) is 12.4. The average molecular weight is 356 g/mol. The van der Waals surface area contributed by atoms with Crippen molar-refractivity contribution < 1.29 is 9.13 Å². The molecule has 6 heteroatoms. The van der Waals surface area contributed by atoms with Gasteiger partial charge in [0.05, 0.1) is 35.2 Å². The van der Waals surface area contributed by atoms with Crippen molar-refractivity contribution in [3.8, 4) is 5.75 Å². The zero-order chi connectivity index (χ0) is 15.4. The van der Waals surface area contributed by atoms with Gasteiger partial charge in [-0.25, -0.2) is 4.39 Å². The summed E-state index contributed by atoms with van der Waals surface area (Å²) < 4.78 is 21.4. The second kappa shape index (κ2) is 6.93. The van der Waals surface area contributed by atoms with Crippen molar-refractivity contribution in [3.05, 3.63) is 39.9 Å². The molecular weight excluding hydrogens is 337 g/mol. The van der Waals surface area contributed by atoms with Crippen LogP contribution in [-0.2, 0) is 19.5 Å². The first-order valence-electron chi connectivity index (χ1n) is 6.92. The van der Waals surface area contributed by atoms with E-state index in [2.05, 4.69) is 40.2 Å². The molecule has 0 atom stereocenters. The van der Waals surface area contributed by atoms with Gasteiger partial charge in [-0.2, -0.15) is 5.10 Å². The molecule has 0 saturated heterocycles. The van der Waals surface area contributed by atoms with Crippen LogP contribution in [0.2, 0.25) is 0 Å². The Morgan fingerprint density at radius 3 is 2.76 bits per heavy atom. The topological polar surface area (TPSA) is 39.1 Å². The molecule has 0 aliphatic carbocycles. The lowest BCUT2D eigenvalue weighted by Gasteiger charge is -2.12. The summed E-state index contributed by atoms with van der Waals surface area (Å²) in [5.41, 5.74) is 2.87. The monoisotopic (exact) mass is 355 g/mol. The number of ether oxygens (including phenoxy) is 1. The molecule has 0 saturated carbocycles. The van der Waals surface area contributed by atoms with E-state index in [1.165, 1.54) is 19.2 Å². The van der Waals surface area contributed by atoms with Crippen LogP contribution >= 0.6 is 15.9 Å². The number of benzene rings is 1. The highest BCUT2D eigenvalue weighted by molar-refractivity contribution is 9.10. The van der Waals surface area contributed by atoms with Gasteiger partial charge in [-0.1, -0.05) is 6.92 Å². The van der Waals surface area contributed by atoms with Gasteiger partial charge in [0, 0.05) is 12.6 Å². The Bertz CT molecular complexity index is 628. The summed E-state index contributed by atoms with van der Waals surface area (Å²) in [4.78, 5) is 0. The number of rotatable bonds is 6. The summed E-state index contributed by atoms with van der Waals surface area (Å²) >= 11 is 3.61. The Morgan fingerprint density at radius 1 is 1.38 bits per heavy atom. The fourth-order valence-electron chi connectivity index (χ4n) is 2.18. The third-order valence-corrected chi connectivity index (χ3v) is 4.22. The maximum atomic E-state index is 13.2. The largest absolute Gasteiger partial charge is 0.494 e. The van der Waals surface area contributed by atoms with E-state index in [1.54, 1.807) is 6.07 Å².